The number of hydrogen-bond donors (Lipinski definition) is 0. The number of rotatable bonds is 6. The molecule has 0 aliphatic carbocycles. The molecule has 0 amide bonds. The maximum Gasteiger partial charge on any atom is 0.0507 e. The molecule has 10 rings (SSSR count). The quantitative estimate of drug-likeness (QED) is 0.166. The number of anilines is 9. The molecule has 0 unspecified atom stereocenters. The van der Waals surface area contributed by atoms with E-state index in [1.807, 2.05) is 13.8 Å². The Bertz CT molecular complexity index is 2770. The summed E-state index contributed by atoms with van der Waals surface area (Å²) in [6.45, 7) is 15.7. The summed E-state index contributed by atoms with van der Waals surface area (Å²) < 4.78 is 0. The minimum absolute atomic E-state index is 0.228. The molecule has 296 valence electrons. The smallest absolute Gasteiger partial charge is 0.0507 e. The van der Waals surface area contributed by atoms with Gasteiger partial charge in [0, 0.05) is 39.3 Å². The molecule has 3 nitrogen and oxygen atoms in total. The maximum absolute atomic E-state index is 2.50. The van der Waals surface area contributed by atoms with Crippen molar-refractivity contribution in [1.82, 2.24) is 0 Å². The number of para-hydroxylation sites is 4. The first-order valence-corrected chi connectivity index (χ1v) is 21.4. The van der Waals surface area contributed by atoms with Gasteiger partial charge in [0.1, 0.15) is 0 Å². The summed E-state index contributed by atoms with van der Waals surface area (Å²) >= 11 is 0. The van der Waals surface area contributed by atoms with E-state index in [2.05, 4.69) is 243 Å². The van der Waals surface area contributed by atoms with Crippen molar-refractivity contribution in [3.8, 4) is 11.1 Å². The lowest BCUT2D eigenvalue weighted by Crippen LogP contribution is -2.35. The lowest BCUT2D eigenvalue weighted by molar-refractivity contribution is 0.615. The van der Waals surface area contributed by atoms with E-state index in [0.717, 1.165) is 28.4 Å². The Kier molecular flexibility index (Phi) is 9.92. The molecule has 2 heterocycles. The summed E-state index contributed by atoms with van der Waals surface area (Å²) in [6.07, 6.45) is 0. The first kappa shape index (κ1) is 38.7. The van der Waals surface area contributed by atoms with Crippen LogP contribution in [0.25, 0.3) is 11.1 Å². The molecule has 0 spiro atoms. The zero-order valence-corrected chi connectivity index (χ0v) is 35.8. The second-order valence-corrected chi connectivity index (χ2v) is 16.8. The van der Waals surface area contributed by atoms with Crippen molar-refractivity contribution >= 4 is 51.2 Å². The maximum atomic E-state index is 2.50. The average molecular weight is 780 g/mol. The lowest BCUT2D eigenvalue weighted by atomic mass is 9.68. The molecular weight excluding hydrogens is 727 g/mol. The van der Waals surface area contributed by atoms with Gasteiger partial charge in [-0.1, -0.05) is 156 Å². The minimum atomic E-state index is -0.345. The van der Waals surface area contributed by atoms with E-state index in [4.69, 9.17) is 0 Å². The second kappa shape index (κ2) is 15.4. The molecule has 0 atom stereocenters. The van der Waals surface area contributed by atoms with E-state index in [9.17, 15) is 0 Å². The largest absolute Gasteiger partial charge is 0.310 e. The topological polar surface area (TPSA) is 9.72 Å². The van der Waals surface area contributed by atoms with Gasteiger partial charge >= 0.3 is 0 Å². The van der Waals surface area contributed by atoms with Gasteiger partial charge in [0.15, 0.2) is 0 Å². The molecule has 0 aromatic heterocycles. The first-order valence-electron chi connectivity index (χ1n) is 21.4. The van der Waals surface area contributed by atoms with Crippen LogP contribution >= 0.6 is 0 Å². The van der Waals surface area contributed by atoms with Crippen molar-refractivity contribution in [1.29, 1.82) is 0 Å². The van der Waals surface area contributed by atoms with Gasteiger partial charge in [-0.3, -0.25) is 0 Å². The van der Waals surface area contributed by atoms with Gasteiger partial charge < -0.3 is 14.7 Å². The van der Waals surface area contributed by atoms with Crippen molar-refractivity contribution in [2.45, 2.75) is 59.3 Å². The first-order chi connectivity index (χ1) is 29.2. The molecule has 0 N–H and O–H groups in total. The highest BCUT2D eigenvalue weighted by Gasteiger charge is 2.43. The summed E-state index contributed by atoms with van der Waals surface area (Å²) in [5.74, 6) is 0. The van der Waals surface area contributed by atoms with Crippen LogP contribution in [0.3, 0.4) is 0 Å². The average Bonchev–Trinajstić information content (AvgIpc) is 3.29. The zero-order valence-electron chi connectivity index (χ0n) is 35.8. The molecular formula is C57H53N3. The van der Waals surface area contributed by atoms with Crippen molar-refractivity contribution < 1.29 is 0 Å². The van der Waals surface area contributed by atoms with Gasteiger partial charge in [-0.2, -0.15) is 0 Å². The number of fused-ring (bicyclic) bond motifs is 4. The Morgan fingerprint density at radius 3 is 1.30 bits per heavy atom. The molecule has 0 radical (unpaired) electrons. The predicted molar refractivity (Wildman–Crippen MR) is 256 cm³/mol. The number of hydrogen-bond acceptors (Lipinski definition) is 3. The summed E-state index contributed by atoms with van der Waals surface area (Å²) in [5, 5.41) is 0. The van der Waals surface area contributed by atoms with Crippen molar-refractivity contribution in [3.05, 3.63) is 222 Å². The molecule has 8 aromatic carbocycles. The van der Waals surface area contributed by atoms with Crippen LogP contribution in [0.15, 0.2) is 194 Å². The van der Waals surface area contributed by atoms with Gasteiger partial charge in [0.05, 0.1) is 22.7 Å². The van der Waals surface area contributed by atoms with Crippen LogP contribution in [0, 0.1) is 6.92 Å². The Morgan fingerprint density at radius 2 is 0.750 bits per heavy atom. The highest BCUT2D eigenvalue weighted by Crippen LogP contribution is 2.59. The molecule has 0 saturated heterocycles. The van der Waals surface area contributed by atoms with Crippen molar-refractivity contribution in [2.75, 3.05) is 14.7 Å². The molecule has 8 aromatic rings. The Balaban J connectivity index is 0.00000228. The van der Waals surface area contributed by atoms with Crippen LogP contribution in [0.4, 0.5) is 51.2 Å². The van der Waals surface area contributed by atoms with Crippen LogP contribution in [-0.4, -0.2) is 0 Å². The number of benzene rings is 8. The summed E-state index contributed by atoms with van der Waals surface area (Å²) in [5.41, 5.74) is 18.9. The van der Waals surface area contributed by atoms with E-state index in [0.29, 0.717) is 0 Å². The molecule has 0 fully saturated rings. The number of nitrogens with zero attached hydrogens (tertiary/aromatic N) is 3. The van der Waals surface area contributed by atoms with Crippen LogP contribution in [0.1, 0.15) is 69.4 Å². The van der Waals surface area contributed by atoms with Crippen LogP contribution in [0.2, 0.25) is 0 Å². The van der Waals surface area contributed by atoms with Gasteiger partial charge in [-0.25, -0.2) is 0 Å². The van der Waals surface area contributed by atoms with Crippen molar-refractivity contribution in [3.63, 3.8) is 0 Å². The Hall–Kier alpha value is -6.84. The highest BCUT2D eigenvalue weighted by atomic mass is 15.2. The second-order valence-electron chi connectivity index (χ2n) is 16.8. The van der Waals surface area contributed by atoms with E-state index in [-0.39, 0.29) is 10.8 Å². The highest BCUT2D eigenvalue weighted by molar-refractivity contribution is 5.94. The molecule has 0 bridgehead atoms. The van der Waals surface area contributed by atoms with Gasteiger partial charge in [0.2, 0.25) is 0 Å². The third kappa shape index (κ3) is 6.46. The van der Waals surface area contributed by atoms with E-state index >= 15 is 0 Å². The van der Waals surface area contributed by atoms with Crippen LogP contribution < -0.4 is 14.7 Å². The van der Waals surface area contributed by atoms with E-state index < -0.39 is 0 Å². The molecule has 0 saturated carbocycles. The fraction of sp³-hybridized carbons (Fsp3) is 0.158. The van der Waals surface area contributed by atoms with Gasteiger partial charge in [-0.05, 0) is 125 Å². The number of aryl methyl sites for hydroxylation is 1. The molecule has 60 heavy (non-hydrogen) atoms. The molecule has 2 aliphatic rings. The summed E-state index contributed by atoms with van der Waals surface area (Å²) in [4.78, 5) is 7.36. The molecule has 2 aliphatic heterocycles. The lowest BCUT2D eigenvalue weighted by Gasteiger charge is -2.47. The third-order valence-electron chi connectivity index (χ3n) is 12.5. The third-order valence-corrected chi connectivity index (χ3v) is 12.5. The summed E-state index contributed by atoms with van der Waals surface area (Å²) in [7, 11) is 0. The predicted octanol–water partition coefficient (Wildman–Crippen LogP) is 16.4. The molecule has 3 heteroatoms. The normalized spacial score (nSPS) is 14.1. The van der Waals surface area contributed by atoms with E-state index in [1.54, 1.807) is 0 Å². The van der Waals surface area contributed by atoms with Gasteiger partial charge in [0.25, 0.3) is 0 Å². The van der Waals surface area contributed by atoms with Crippen LogP contribution in [0.5, 0.6) is 0 Å². The van der Waals surface area contributed by atoms with E-state index in [1.165, 1.54) is 61.7 Å². The Morgan fingerprint density at radius 1 is 0.350 bits per heavy atom. The fourth-order valence-corrected chi connectivity index (χ4v) is 9.34. The fourth-order valence-electron chi connectivity index (χ4n) is 9.34. The Labute approximate surface area is 356 Å². The zero-order chi connectivity index (χ0) is 41.6. The van der Waals surface area contributed by atoms with Crippen LogP contribution in [-0.2, 0) is 10.8 Å². The standard InChI is InChI=1S/C55H47N3.C2H6/c1-38-25-27-39(28-26-38)40-29-31-44(32-30-40)56(41-17-9-6-10-18-41)45-33-34-51-47(35-45)55(4,5)49-37-52-48(36-53(49)58(51)43-21-13-8-14-22-43)54(2,3)46-23-15-16-24-50(46)57(52)42-19-11-7-12-20-42;1-2/h6-37H,1-5H3;1-2H3. The summed E-state index contributed by atoms with van der Waals surface area (Å²) in [6, 6.07) is 71.2. The minimum Gasteiger partial charge on any atom is -0.310 e. The SMILES string of the molecule is CC.Cc1ccc(-c2ccc(N(c3ccccc3)c3ccc4c(c3)C(C)(C)c3cc5c(cc3N4c3ccccc3)C(C)(C)c3ccccc3N5c3ccccc3)cc2)cc1. The van der Waals surface area contributed by atoms with Crippen molar-refractivity contribution in [2.24, 2.45) is 0 Å². The monoisotopic (exact) mass is 779 g/mol. The van der Waals surface area contributed by atoms with Gasteiger partial charge in [-0.15, -0.1) is 0 Å².